The number of carbonyl (C=O) groups is 1. The molecule has 1 saturated heterocycles. The molecular formula is C21H24N4O2. The molecule has 0 bridgehead atoms. The Morgan fingerprint density at radius 1 is 1.26 bits per heavy atom. The van der Waals surface area contributed by atoms with E-state index in [0.717, 1.165) is 41.7 Å². The Morgan fingerprint density at radius 3 is 2.89 bits per heavy atom. The number of benzene rings is 1. The molecule has 1 aromatic carbocycles. The fourth-order valence-electron chi connectivity index (χ4n) is 3.78. The van der Waals surface area contributed by atoms with Crippen LogP contribution in [0.3, 0.4) is 0 Å². The van der Waals surface area contributed by atoms with E-state index in [1.807, 2.05) is 41.4 Å². The predicted molar refractivity (Wildman–Crippen MR) is 105 cm³/mol. The standard InChI is InChI=1S/C21H24N4O2/c1-27-13-12-24-15-18(17-4-2-3-5-19(17)24)21(26)25-11-10-23-14-20(25)16-6-8-22-9-7-16/h2-9,15,20,23H,10-14H2,1H3. The highest BCUT2D eigenvalue weighted by molar-refractivity contribution is 6.07. The lowest BCUT2D eigenvalue weighted by molar-refractivity contribution is 0.0636. The van der Waals surface area contributed by atoms with E-state index in [9.17, 15) is 4.79 Å². The van der Waals surface area contributed by atoms with Crippen LogP contribution >= 0.6 is 0 Å². The number of rotatable bonds is 5. The zero-order valence-corrected chi connectivity index (χ0v) is 15.5. The zero-order valence-electron chi connectivity index (χ0n) is 15.5. The number of fused-ring (bicyclic) bond motifs is 1. The largest absolute Gasteiger partial charge is 0.383 e. The van der Waals surface area contributed by atoms with Gasteiger partial charge in [0.1, 0.15) is 0 Å². The van der Waals surface area contributed by atoms with Crippen LogP contribution < -0.4 is 5.32 Å². The monoisotopic (exact) mass is 364 g/mol. The summed E-state index contributed by atoms with van der Waals surface area (Å²) in [7, 11) is 1.69. The van der Waals surface area contributed by atoms with E-state index in [2.05, 4.69) is 20.9 Å². The highest BCUT2D eigenvalue weighted by Crippen LogP contribution is 2.28. The van der Waals surface area contributed by atoms with Crippen molar-refractivity contribution in [3.63, 3.8) is 0 Å². The Bertz CT molecular complexity index is 922. The van der Waals surface area contributed by atoms with Crippen molar-refractivity contribution in [3.05, 3.63) is 66.1 Å². The third kappa shape index (κ3) is 3.46. The number of para-hydroxylation sites is 1. The van der Waals surface area contributed by atoms with Crippen molar-refractivity contribution in [2.24, 2.45) is 0 Å². The molecule has 0 spiro atoms. The molecule has 3 heterocycles. The maximum Gasteiger partial charge on any atom is 0.256 e. The second-order valence-corrected chi connectivity index (χ2v) is 6.75. The molecule has 1 aliphatic rings. The van der Waals surface area contributed by atoms with E-state index in [4.69, 9.17) is 4.74 Å². The molecule has 3 aromatic rings. The minimum absolute atomic E-state index is 0.00957. The van der Waals surface area contributed by atoms with Gasteiger partial charge in [0, 0.05) is 62.8 Å². The van der Waals surface area contributed by atoms with Gasteiger partial charge in [0.25, 0.3) is 5.91 Å². The second-order valence-electron chi connectivity index (χ2n) is 6.75. The number of nitrogens with zero attached hydrogens (tertiary/aromatic N) is 3. The van der Waals surface area contributed by atoms with E-state index in [1.54, 1.807) is 19.5 Å². The first-order valence-corrected chi connectivity index (χ1v) is 9.28. The number of aromatic nitrogens is 2. The molecule has 6 heteroatoms. The Kier molecular flexibility index (Phi) is 5.18. The molecule has 4 rings (SSSR count). The fourth-order valence-corrected chi connectivity index (χ4v) is 3.78. The van der Waals surface area contributed by atoms with Crippen LogP contribution in [0.1, 0.15) is 22.0 Å². The molecule has 0 radical (unpaired) electrons. The van der Waals surface area contributed by atoms with Crippen LogP contribution in [-0.2, 0) is 11.3 Å². The Labute approximate surface area is 158 Å². The number of hydrogen-bond donors (Lipinski definition) is 1. The molecule has 0 aliphatic carbocycles. The Morgan fingerprint density at radius 2 is 2.07 bits per heavy atom. The topological polar surface area (TPSA) is 59.4 Å². The van der Waals surface area contributed by atoms with Crippen LogP contribution in [-0.4, -0.2) is 53.7 Å². The normalized spacial score (nSPS) is 17.4. The number of methoxy groups -OCH3 is 1. The molecule has 6 nitrogen and oxygen atoms in total. The predicted octanol–water partition coefficient (Wildman–Crippen LogP) is 2.47. The van der Waals surface area contributed by atoms with E-state index in [-0.39, 0.29) is 11.9 Å². The maximum atomic E-state index is 13.5. The number of ether oxygens (including phenoxy) is 1. The van der Waals surface area contributed by atoms with Gasteiger partial charge in [-0.3, -0.25) is 9.78 Å². The first-order valence-electron chi connectivity index (χ1n) is 9.28. The molecule has 1 amide bonds. The third-order valence-corrected chi connectivity index (χ3v) is 5.15. The minimum Gasteiger partial charge on any atom is -0.383 e. The van der Waals surface area contributed by atoms with Gasteiger partial charge in [-0.15, -0.1) is 0 Å². The van der Waals surface area contributed by atoms with Crippen molar-refractivity contribution in [1.29, 1.82) is 0 Å². The second kappa shape index (κ2) is 7.90. The highest BCUT2D eigenvalue weighted by Gasteiger charge is 2.30. The van der Waals surface area contributed by atoms with Gasteiger partial charge in [0.15, 0.2) is 0 Å². The van der Waals surface area contributed by atoms with E-state index >= 15 is 0 Å². The lowest BCUT2D eigenvalue weighted by Gasteiger charge is -2.36. The highest BCUT2D eigenvalue weighted by atomic mass is 16.5. The molecule has 0 saturated carbocycles. The third-order valence-electron chi connectivity index (χ3n) is 5.15. The molecule has 1 aliphatic heterocycles. The van der Waals surface area contributed by atoms with Gasteiger partial charge in [-0.25, -0.2) is 0 Å². The summed E-state index contributed by atoms with van der Waals surface area (Å²) in [6, 6.07) is 12.0. The molecule has 140 valence electrons. The van der Waals surface area contributed by atoms with Gasteiger partial charge < -0.3 is 19.5 Å². The summed E-state index contributed by atoms with van der Waals surface area (Å²) in [6.07, 6.45) is 5.53. The van der Waals surface area contributed by atoms with E-state index in [1.165, 1.54) is 0 Å². The Balaban J connectivity index is 1.71. The lowest BCUT2D eigenvalue weighted by Crippen LogP contribution is -2.48. The number of piperazine rings is 1. The van der Waals surface area contributed by atoms with E-state index < -0.39 is 0 Å². The number of pyridine rings is 1. The maximum absolute atomic E-state index is 13.5. The summed E-state index contributed by atoms with van der Waals surface area (Å²) in [4.78, 5) is 19.6. The first-order chi connectivity index (χ1) is 13.3. The smallest absolute Gasteiger partial charge is 0.256 e. The van der Waals surface area contributed by atoms with Gasteiger partial charge in [-0.05, 0) is 23.8 Å². The minimum atomic E-state index is 0.00957. The van der Waals surface area contributed by atoms with Crippen molar-refractivity contribution < 1.29 is 9.53 Å². The van der Waals surface area contributed by atoms with Crippen molar-refractivity contribution in [2.45, 2.75) is 12.6 Å². The van der Waals surface area contributed by atoms with Gasteiger partial charge in [0.2, 0.25) is 0 Å². The number of carbonyl (C=O) groups excluding carboxylic acids is 1. The summed E-state index contributed by atoms with van der Waals surface area (Å²) in [5.74, 6) is 0.0747. The SMILES string of the molecule is COCCn1cc(C(=O)N2CCNCC2c2ccncc2)c2ccccc21. The Hall–Kier alpha value is -2.70. The number of hydrogen-bond acceptors (Lipinski definition) is 4. The van der Waals surface area contributed by atoms with E-state index in [0.29, 0.717) is 13.2 Å². The van der Waals surface area contributed by atoms with Crippen LogP contribution in [0.5, 0.6) is 0 Å². The quantitative estimate of drug-likeness (QED) is 0.756. The summed E-state index contributed by atoms with van der Waals surface area (Å²) < 4.78 is 7.33. The molecule has 1 fully saturated rings. The lowest BCUT2D eigenvalue weighted by atomic mass is 10.0. The average Bonchev–Trinajstić information content (AvgIpc) is 3.11. The average molecular weight is 364 g/mol. The summed E-state index contributed by atoms with van der Waals surface area (Å²) in [6.45, 7) is 3.57. The van der Waals surface area contributed by atoms with Gasteiger partial charge in [0.05, 0.1) is 18.2 Å². The first kappa shape index (κ1) is 17.7. The van der Waals surface area contributed by atoms with Crippen LogP contribution in [0.15, 0.2) is 55.0 Å². The van der Waals surface area contributed by atoms with Crippen molar-refractivity contribution in [1.82, 2.24) is 19.8 Å². The van der Waals surface area contributed by atoms with Crippen LogP contribution in [0, 0.1) is 0 Å². The van der Waals surface area contributed by atoms with Gasteiger partial charge in [-0.1, -0.05) is 18.2 Å². The van der Waals surface area contributed by atoms with Crippen LogP contribution in [0.4, 0.5) is 0 Å². The molecule has 2 aromatic heterocycles. The molecular weight excluding hydrogens is 340 g/mol. The van der Waals surface area contributed by atoms with Crippen molar-refractivity contribution in [2.75, 3.05) is 33.4 Å². The molecule has 1 unspecified atom stereocenters. The summed E-state index contributed by atoms with van der Waals surface area (Å²) in [5.41, 5.74) is 2.92. The van der Waals surface area contributed by atoms with Gasteiger partial charge in [-0.2, -0.15) is 0 Å². The molecule has 1 atom stereocenters. The molecule has 1 N–H and O–H groups in total. The van der Waals surface area contributed by atoms with Crippen LogP contribution in [0.25, 0.3) is 10.9 Å². The van der Waals surface area contributed by atoms with Crippen molar-refractivity contribution in [3.8, 4) is 0 Å². The number of amides is 1. The fraction of sp³-hybridized carbons (Fsp3) is 0.333. The summed E-state index contributed by atoms with van der Waals surface area (Å²) >= 11 is 0. The summed E-state index contributed by atoms with van der Waals surface area (Å²) in [5, 5.41) is 4.40. The zero-order chi connectivity index (χ0) is 18.6. The van der Waals surface area contributed by atoms with Gasteiger partial charge >= 0.3 is 0 Å². The van der Waals surface area contributed by atoms with Crippen molar-refractivity contribution >= 4 is 16.8 Å². The number of nitrogens with one attached hydrogen (secondary N) is 1. The molecule has 27 heavy (non-hydrogen) atoms. The van der Waals surface area contributed by atoms with Crippen LogP contribution in [0.2, 0.25) is 0 Å².